The molecule has 37 heavy (non-hydrogen) atoms. The molecule has 0 radical (unpaired) electrons. The smallest absolute Gasteiger partial charge is 0.306 e. The molecule has 2 N–H and O–H groups in total. The minimum atomic E-state index is -0.577. The lowest BCUT2D eigenvalue weighted by atomic mass is 9.63. The molecule has 2 aliphatic heterocycles. The van der Waals surface area contributed by atoms with Crippen LogP contribution in [0.15, 0.2) is 36.9 Å². The van der Waals surface area contributed by atoms with E-state index in [0.29, 0.717) is 17.4 Å². The van der Waals surface area contributed by atoms with Crippen LogP contribution in [-0.2, 0) is 22.6 Å². The van der Waals surface area contributed by atoms with Gasteiger partial charge >= 0.3 is 6.33 Å². The lowest BCUT2D eigenvalue weighted by molar-refractivity contribution is -0.764. The third kappa shape index (κ3) is 6.01. The molecule has 3 aliphatic rings. The summed E-state index contributed by atoms with van der Waals surface area (Å²) in [6.45, 7) is 3.27. The second-order valence-electron chi connectivity index (χ2n) is 11.4. The Morgan fingerprint density at radius 3 is 2.46 bits per heavy atom. The number of benzene rings is 1. The first kappa shape index (κ1) is 26.2. The summed E-state index contributed by atoms with van der Waals surface area (Å²) in [6.07, 6.45) is 13.3. The molecule has 1 saturated carbocycles. The first-order chi connectivity index (χ1) is 17.9. The predicted molar refractivity (Wildman–Crippen MR) is 142 cm³/mol. The maximum Gasteiger partial charge on any atom is 0.306 e. The summed E-state index contributed by atoms with van der Waals surface area (Å²) in [5, 5.41) is 7.01. The molecule has 0 unspecified atom stereocenters. The Morgan fingerprint density at radius 2 is 1.86 bits per heavy atom. The standard InChI is InChI=1S/C28H39ClN6O2/c1-33-14-11-25(33)26(36)32-24(17-21-7-9-23(29)10-8-21)27(37)34-15-12-28(13-16-34,18-35-20-30-19-31-35)22-5-3-2-4-6-22/h7-10,19-20,22,24-25H,2-6,11-18H2,1H3,(H,32,36)/p+1/t24-,25-/m1/s1. The van der Waals surface area contributed by atoms with Crippen molar-refractivity contribution in [1.29, 1.82) is 0 Å². The van der Waals surface area contributed by atoms with Gasteiger partial charge < -0.3 is 10.2 Å². The number of hydrogen-bond donors (Lipinski definition) is 2. The molecule has 8 nitrogen and oxygen atoms in total. The number of likely N-dealkylation sites (tertiary alicyclic amines) is 2. The van der Waals surface area contributed by atoms with E-state index in [-0.39, 0.29) is 23.3 Å². The van der Waals surface area contributed by atoms with E-state index in [1.54, 1.807) is 6.33 Å². The summed E-state index contributed by atoms with van der Waals surface area (Å²) in [5.41, 5.74) is 1.16. The monoisotopic (exact) mass is 527 g/mol. The number of amides is 2. The number of aromatic amines is 1. The molecule has 2 amide bonds. The fourth-order valence-electron chi connectivity index (χ4n) is 6.66. The van der Waals surface area contributed by atoms with Crippen molar-refractivity contribution in [3.63, 3.8) is 0 Å². The molecule has 200 valence electrons. The average Bonchev–Trinajstić information content (AvgIpc) is 3.42. The van der Waals surface area contributed by atoms with Gasteiger partial charge in [0.1, 0.15) is 12.6 Å². The molecule has 1 aromatic heterocycles. The summed E-state index contributed by atoms with van der Waals surface area (Å²) in [6, 6.07) is 6.84. The van der Waals surface area contributed by atoms with Crippen LogP contribution in [0.25, 0.3) is 0 Å². The minimum Gasteiger partial charge on any atom is -0.343 e. The highest BCUT2D eigenvalue weighted by molar-refractivity contribution is 6.30. The number of carbonyl (C=O) groups excluding carboxylic acids is 2. The summed E-state index contributed by atoms with van der Waals surface area (Å²) in [5.74, 6) is 0.648. The van der Waals surface area contributed by atoms with Gasteiger partial charge in [-0.3, -0.25) is 14.5 Å². The van der Waals surface area contributed by atoms with Crippen LogP contribution in [0, 0.1) is 11.3 Å². The van der Waals surface area contributed by atoms with E-state index in [1.807, 2.05) is 47.4 Å². The van der Waals surface area contributed by atoms with E-state index in [0.717, 1.165) is 51.0 Å². The minimum absolute atomic E-state index is 0.0247. The summed E-state index contributed by atoms with van der Waals surface area (Å²) in [7, 11) is 1.96. The third-order valence-corrected chi connectivity index (χ3v) is 9.34. The zero-order valence-corrected chi connectivity index (χ0v) is 22.6. The van der Waals surface area contributed by atoms with Crippen LogP contribution in [0.4, 0.5) is 0 Å². The van der Waals surface area contributed by atoms with E-state index in [2.05, 4.69) is 20.1 Å². The van der Waals surface area contributed by atoms with Crippen molar-refractivity contribution >= 4 is 23.4 Å². The van der Waals surface area contributed by atoms with Crippen molar-refractivity contribution in [2.75, 3.05) is 26.7 Å². The predicted octanol–water partition coefficient (Wildman–Crippen LogP) is 2.97. The average molecular weight is 528 g/mol. The van der Waals surface area contributed by atoms with Crippen LogP contribution in [0.5, 0.6) is 0 Å². The van der Waals surface area contributed by atoms with Crippen molar-refractivity contribution in [3.05, 3.63) is 47.5 Å². The highest BCUT2D eigenvalue weighted by Crippen LogP contribution is 2.46. The normalized spacial score (nSPS) is 23.3. The van der Waals surface area contributed by atoms with Crippen molar-refractivity contribution in [2.24, 2.45) is 11.3 Å². The molecule has 3 fully saturated rings. The molecule has 2 atom stereocenters. The maximum absolute atomic E-state index is 13.9. The van der Waals surface area contributed by atoms with E-state index in [4.69, 9.17) is 11.6 Å². The van der Waals surface area contributed by atoms with Crippen LogP contribution in [-0.4, -0.2) is 70.5 Å². The van der Waals surface area contributed by atoms with E-state index >= 15 is 0 Å². The van der Waals surface area contributed by atoms with Gasteiger partial charge in [0.05, 0.1) is 6.04 Å². The Kier molecular flexibility index (Phi) is 8.15. The molecule has 3 heterocycles. The third-order valence-electron chi connectivity index (χ3n) is 9.09. The Morgan fingerprint density at radius 1 is 1.14 bits per heavy atom. The Hall–Kier alpha value is -2.45. The largest absolute Gasteiger partial charge is 0.343 e. The summed E-state index contributed by atoms with van der Waals surface area (Å²) in [4.78, 5) is 35.1. The Bertz CT molecular complexity index is 1050. The second kappa shape index (κ2) is 11.5. The molecule has 1 aliphatic carbocycles. The van der Waals surface area contributed by atoms with Crippen LogP contribution < -0.4 is 10.00 Å². The summed E-state index contributed by atoms with van der Waals surface area (Å²) >= 11 is 6.08. The molecule has 1 aromatic carbocycles. The summed E-state index contributed by atoms with van der Waals surface area (Å²) < 4.78 is 2.10. The Labute approximate surface area is 224 Å². The number of hydrogen-bond acceptors (Lipinski definition) is 4. The van der Waals surface area contributed by atoms with E-state index in [1.165, 1.54) is 32.1 Å². The fourth-order valence-corrected chi connectivity index (χ4v) is 6.78. The Balaban J connectivity index is 1.29. The van der Waals surface area contributed by atoms with Gasteiger partial charge in [-0.1, -0.05) is 43.0 Å². The highest BCUT2D eigenvalue weighted by Gasteiger charge is 2.45. The topological polar surface area (TPSA) is 85.2 Å². The fraction of sp³-hybridized carbons (Fsp3) is 0.643. The molecule has 2 saturated heterocycles. The first-order valence-corrected chi connectivity index (χ1v) is 14.2. The number of aromatic nitrogens is 3. The molecule has 0 bridgehead atoms. The van der Waals surface area contributed by atoms with Crippen LogP contribution in [0.3, 0.4) is 0 Å². The number of likely N-dealkylation sites (N-methyl/N-ethyl adjacent to an activating group) is 1. The number of H-pyrrole nitrogens is 1. The molecule has 0 spiro atoms. The number of nitrogens with zero attached hydrogens (tertiary/aromatic N) is 4. The van der Waals surface area contributed by atoms with Crippen LogP contribution in [0.2, 0.25) is 5.02 Å². The number of nitrogens with one attached hydrogen (secondary N) is 2. The number of piperidine rings is 1. The van der Waals surface area contributed by atoms with Crippen LogP contribution in [0.1, 0.15) is 56.9 Å². The second-order valence-corrected chi connectivity index (χ2v) is 11.8. The van der Waals surface area contributed by atoms with Gasteiger partial charge in [-0.25, -0.2) is 0 Å². The first-order valence-electron chi connectivity index (χ1n) is 13.9. The van der Waals surface area contributed by atoms with Gasteiger partial charge in [0, 0.05) is 36.5 Å². The lowest BCUT2D eigenvalue weighted by Crippen LogP contribution is -2.60. The van der Waals surface area contributed by atoms with E-state index in [9.17, 15) is 9.59 Å². The zero-order chi connectivity index (χ0) is 25.8. The van der Waals surface area contributed by atoms with Gasteiger partial charge in [0.25, 0.3) is 0 Å². The van der Waals surface area contributed by atoms with Crippen LogP contribution >= 0.6 is 11.6 Å². The lowest BCUT2D eigenvalue weighted by Gasteiger charge is -2.47. The zero-order valence-electron chi connectivity index (χ0n) is 21.9. The molecule has 9 heteroatoms. The van der Waals surface area contributed by atoms with Crippen molar-refractivity contribution in [3.8, 4) is 0 Å². The van der Waals surface area contributed by atoms with Gasteiger partial charge in [-0.2, -0.15) is 9.78 Å². The van der Waals surface area contributed by atoms with Crippen molar-refractivity contribution < 1.29 is 14.3 Å². The number of carbonyl (C=O) groups is 2. The molecular formula is C28H40ClN6O2+. The van der Waals surface area contributed by atoms with Crippen molar-refractivity contribution in [1.82, 2.24) is 25.2 Å². The van der Waals surface area contributed by atoms with Gasteiger partial charge in [0.15, 0.2) is 0 Å². The maximum atomic E-state index is 13.9. The van der Waals surface area contributed by atoms with E-state index < -0.39 is 6.04 Å². The van der Waals surface area contributed by atoms with Gasteiger partial charge in [-0.05, 0) is 67.7 Å². The number of rotatable bonds is 8. The quantitative estimate of drug-likeness (QED) is 0.517. The van der Waals surface area contributed by atoms with Crippen molar-refractivity contribution in [2.45, 2.75) is 76.4 Å². The highest BCUT2D eigenvalue weighted by atomic mass is 35.5. The molecule has 5 rings (SSSR count). The SMILES string of the molecule is CN1CC[C@@H]1C(=O)N[C@H](Cc1ccc(Cl)cc1)C(=O)N1CCC(C[n+]2cnc[nH]2)(C2CCCCC2)CC1. The van der Waals surface area contributed by atoms with Gasteiger partial charge in [-0.15, -0.1) is 0 Å². The van der Waals surface area contributed by atoms with Gasteiger partial charge in [0.2, 0.25) is 18.1 Å². The number of halogens is 1. The molecular weight excluding hydrogens is 488 g/mol. The molecule has 2 aromatic rings.